The number of primary amides is 2. The summed E-state index contributed by atoms with van der Waals surface area (Å²) >= 11 is 6.00. The largest absolute Gasteiger partial charge is 0.455 e. The molecule has 3 aliphatic carbocycles. The maximum Gasteiger partial charge on any atom is 0.350 e. The number of fused-ring (bicyclic) bond motifs is 5. The summed E-state index contributed by atoms with van der Waals surface area (Å²) in [5.41, 5.74) is 3.15. The van der Waals surface area contributed by atoms with Crippen molar-refractivity contribution in [2.24, 2.45) is 28.2 Å². The van der Waals surface area contributed by atoms with E-state index in [0.717, 1.165) is 32.1 Å². The lowest BCUT2D eigenvalue weighted by atomic mass is 9.44. The standard InChI is InChI=1S/C74H85ClFN7O21/c1-39-51(37-74(98)64(103-69(96)46-23-15-10-16-24-46)62-72(7,52(86)36-53-73(62,38-99-53)104-42(4)85)63(91)60(100-41(3)84)58(39)71(74,5)6)101-70(97)61(59(44-19-11-8-12-20-44)83-68(95)45-21-13-9-14-22-45)102-57(90)33-32-54(87)79-34-18-17-25-49(65(77)92)81-56(89)31-29-50(66(78)93)82-67(94)40(2)80-55(88)30-27-43-26-28-47(76)35-48(43)75/h8-16,19-24,26-28,30,35,40,49-53,59-62,64,86,98H,17-18,25,29,31-34,36-38H2,1-7H3,(H2,77,92)(H2,78,93)(H,79,87)(H,80,88)(H,81,89)(H,82,94)(H,83,95)/b30-27+/t40?,49?,50-,51-,52-,53+,59-,60+,61+,62-,64-,72+,73-,74+/m0/s1. The molecular formula is C74H85ClFN7O21. The Kier molecular flexibility index (Phi) is 25.9. The maximum atomic E-state index is 15.9. The zero-order valence-electron chi connectivity index (χ0n) is 58.2. The third kappa shape index (κ3) is 18.0. The number of carbonyl (C=O) groups is 13. The summed E-state index contributed by atoms with van der Waals surface area (Å²) in [6.07, 6.45) is -10.8. The van der Waals surface area contributed by atoms with Crippen molar-refractivity contribution in [1.82, 2.24) is 26.6 Å². The van der Waals surface area contributed by atoms with Crippen molar-refractivity contribution in [1.29, 1.82) is 0 Å². The normalized spacial score (nSPS) is 24.4. The van der Waals surface area contributed by atoms with Crippen LogP contribution < -0.4 is 38.1 Å². The predicted octanol–water partition coefficient (Wildman–Crippen LogP) is 4.08. The molecule has 1 heterocycles. The van der Waals surface area contributed by atoms with Crippen LogP contribution in [0.3, 0.4) is 0 Å². The Morgan fingerprint density at radius 3 is 1.97 bits per heavy atom. The van der Waals surface area contributed by atoms with Crippen molar-refractivity contribution in [3.63, 3.8) is 0 Å². The second-order valence-electron chi connectivity index (χ2n) is 26.9. The van der Waals surface area contributed by atoms with Crippen LogP contribution in [-0.2, 0) is 81.2 Å². The van der Waals surface area contributed by atoms with Gasteiger partial charge in [0.1, 0.15) is 53.9 Å². The van der Waals surface area contributed by atoms with Crippen molar-refractivity contribution in [3.05, 3.63) is 160 Å². The maximum absolute atomic E-state index is 15.9. The third-order valence-electron chi connectivity index (χ3n) is 19.6. The summed E-state index contributed by atoms with van der Waals surface area (Å²) in [5, 5.41) is 39.2. The van der Waals surface area contributed by atoms with E-state index in [-0.39, 0.29) is 71.5 Å². The molecule has 7 amide bonds. The number of unbranched alkanes of at least 4 members (excludes halogenated alkanes) is 1. The highest BCUT2D eigenvalue weighted by Gasteiger charge is 2.78. The number of nitrogens with two attached hydrogens (primary N) is 2. The van der Waals surface area contributed by atoms with E-state index in [9.17, 15) is 67.3 Å². The van der Waals surface area contributed by atoms with Crippen LogP contribution in [0.5, 0.6) is 0 Å². The van der Waals surface area contributed by atoms with Crippen molar-refractivity contribution in [2.45, 2.75) is 178 Å². The first-order chi connectivity index (χ1) is 49.1. The highest BCUT2D eigenvalue weighted by Crippen LogP contribution is 2.64. The number of ether oxygens (including phenoxy) is 6. The zero-order valence-corrected chi connectivity index (χ0v) is 59.0. The predicted molar refractivity (Wildman–Crippen MR) is 367 cm³/mol. The molecular weight excluding hydrogens is 1380 g/mol. The van der Waals surface area contributed by atoms with E-state index in [4.69, 9.17) is 51.5 Å². The molecule has 4 aromatic carbocycles. The van der Waals surface area contributed by atoms with Gasteiger partial charge in [-0.1, -0.05) is 98.2 Å². The van der Waals surface area contributed by atoms with Crippen LogP contribution in [0.25, 0.3) is 6.08 Å². The summed E-state index contributed by atoms with van der Waals surface area (Å²) in [4.78, 5) is 178. The lowest BCUT2D eigenvalue weighted by Gasteiger charge is -2.67. The third-order valence-corrected chi connectivity index (χ3v) is 20.0. The Morgan fingerprint density at radius 2 is 1.38 bits per heavy atom. The summed E-state index contributed by atoms with van der Waals surface area (Å²) in [6, 6.07) is 21.4. The number of esters is 5. The smallest absolute Gasteiger partial charge is 0.350 e. The molecule has 556 valence electrons. The van der Waals surface area contributed by atoms with E-state index in [1.54, 1.807) is 54.6 Å². The summed E-state index contributed by atoms with van der Waals surface area (Å²) in [5.74, 6) is -14.3. The first kappa shape index (κ1) is 79.5. The Hall–Kier alpha value is -10.2. The molecule has 11 N–H and O–H groups in total. The minimum Gasteiger partial charge on any atom is -0.455 e. The van der Waals surface area contributed by atoms with Gasteiger partial charge in [-0.15, -0.1) is 0 Å². The van der Waals surface area contributed by atoms with E-state index in [2.05, 4.69) is 26.6 Å². The van der Waals surface area contributed by atoms with Crippen LogP contribution >= 0.6 is 11.6 Å². The highest BCUT2D eigenvalue weighted by molar-refractivity contribution is 6.32. The quantitative estimate of drug-likeness (QED) is 0.0117. The average Bonchev–Trinajstić information content (AvgIpc) is 0.669. The Bertz CT molecular complexity index is 4010. The van der Waals surface area contributed by atoms with Crippen LogP contribution in [0, 0.1) is 22.6 Å². The second-order valence-corrected chi connectivity index (χ2v) is 27.3. The minimum atomic E-state index is -2.58. The molecule has 2 bridgehead atoms. The molecule has 104 heavy (non-hydrogen) atoms. The molecule has 0 spiro atoms. The summed E-state index contributed by atoms with van der Waals surface area (Å²) < 4.78 is 50.4. The summed E-state index contributed by atoms with van der Waals surface area (Å²) in [7, 11) is 0. The fraction of sp³-hybridized carbons (Fsp3) is 0.446. The molecule has 28 nitrogen and oxygen atoms in total. The zero-order chi connectivity index (χ0) is 76.2. The van der Waals surface area contributed by atoms with Gasteiger partial charge in [-0.25, -0.2) is 14.0 Å². The number of aliphatic hydroxyl groups excluding tert-OH is 1. The molecule has 0 radical (unpaired) electrons. The molecule has 0 aromatic heterocycles. The number of hydrogen-bond donors (Lipinski definition) is 9. The topological polar surface area (TPSA) is 430 Å². The number of benzene rings is 4. The molecule has 2 saturated carbocycles. The van der Waals surface area contributed by atoms with Gasteiger partial charge in [0, 0.05) is 63.1 Å². The molecule has 8 rings (SSSR count). The first-order valence-corrected chi connectivity index (χ1v) is 34.1. The van der Waals surface area contributed by atoms with Crippen molar-refractivity contribution in [3.8, 4) is 0 Å². The van der Waals surface area contributed by atoms with Gasteiger partial charge in [0.05, 0.1) is 41.1 Å². The van der Waals surface area contributed by atoms with Crippen molar-refractivity contribution in [2.75, 3.05) is 13.2 Å². The van der Waals surface area contributed by atoms with Gasteiger partial charge in [-0.3, -0.25) is 52.7 Å². The fourth-order valence-electron chi connectivity index (χ4n) is 14.0. The first-order valence-electron chi connectivity index (χ1n) is 33.7. The fourth-order valence-corrected chi connectivity index (χ4v) is 14.3. The van der Waals surface area contributed by atoms with Crippen LogP contribution in [-0.4, -0.2) is 166 Å². The number of amides is 7. The van der Waals surface area contributed by atoms with Gasteiger partial charge in [-0.2, -0.15) is 0 Å². The molecule has 2 unspecified atom stereocenters. The number of halogens is 2. The van der Waals surface area contributed by atoms with E-state index in [0.29, 0.717) is 5.56 Å². The number of hydrogen-bond acceptors (Lipinski definition) is 21. The van der Waals surface area contributed by atoms with Gasteiger partial charge in [0.2, 0.25) is 41.5 Å². The molecule has 30 heteroatoms. The van der Waals surface area contributed by atoms with Crippen molar-refractivity contribution >= 4 is 94.7 Å². The molecule has 3 fully saturated rings. The van der Waals surface area contributed by atoms with Gasteiger partial charge < -0.3 is 76.7 Å². The van der Waals surface area contributed by atoms with E-state index < -0.39 is 204 Å². The monoisotopic (exact) mass is 1460 g/mol. The van der Waals surface area contributed by atoms with Gasteiger partial charge in [-0.05, 0) is 111 Å². The molecule has 1 saturated heterocycles. The number of Topliss-reactive ketones (excluding diaryl/α,β-unsaturated/α-hetero) is 1. The van der Waals surface area contributed by atoms with E-state index >= 15 is 9.59 Å². The van der Waals surface area contributed by atoms with Crippen LogP contribution in [0.1, 0.15) is 144 Å². The van der Waals surface area contributed by atoms with E-state index in [1.807, 2.05) is 0 Å². The molecule has 14 atom stereocenters. The Morgan fingerprint density at radius 1 is 0.750 bits per heavy atom. The van der Waals surface area contributed by atoms with Crippen molar-refractivity contribution < 1.29 is 105 Å². The van der Waals surface area contributed by atoms with Crippen LogP contribution in [0.4, 0.5) is 4.39 Å². The number of carbonyl (C=O) groups excluding carboxylic acids is 13. The minimum absolute atomic E-state index is 0.0163. The Balaban J connectivity index is 0.978. The second kappa shape index (κ2) is 33.9. The molecule has 4 aliphatic rings. The molecule has 4 aromatic rings. The van der Waals surface area contributed by atoms with Gasteiger partial charge >= 0.3 is 29.8 Å². The van der Waals surface area contributed by atoms with Crippen LogP contribution in [0.2, 0.25) is 5.02 Å². The number of rotatable bonds is 30. The summed E-state index contributed by atoms with van der Waals surface area (Å²) in [6.45, 7) is 8.81. The highest BCUT2D eigenvalue weighted by atomic mass is 35.5. The lowest BCUT2D eigenvalue weighted by Crippen LogP contribution is -2.82. The number of nitrogens with one attached hydrogen (secondary N) is 5. The number of ketones is 1. The Labute approximate surface area is 603 Å². The van der Waals surface area contributed by atoms with E-state index in [1.165, 1.54) is 83.2 Å². The van der Waals surface area contributed by atoms with Crippen LogP contribution in [0.15, 0.2) is 126 Å². The van der Waals surface area contributed by atoms with Gasteiger partial charge in [0.25, 0.3) is 5.91 Å². The molecule has 1 aliphatic heterocycles. The SMILES string of the molecule is CC(=O)O[C@H]1C(=O)[C@@]2(C)[C@H]([C@H](OC(=O)c3ccccc3)[C@]3(O)C[C@H](OC(=O)[C@H](OC(=O)CCC(=O)NCCCCC(NC(=O)CC[C@H](NC(=O)C(C)NC(=O)/C=C/c4ccc(F)cc4Cl)C(N)=O)C(N)=O)[C@@H](NC(=O)c4ccccc4)c4ccccc4)C(C)=C1C3(C)C)[C@]1(OC(C)=O)CO[C@@H]1C[C@@H]2O. The average molecular weight is 1460 g/mol. The number of aliphatic hydroxyl groups is 2. The lowest BCUT2D eigenvalue weighted by molar-refractivity contribution is -0.346. The van der Waals surface area contributed by atoms with Gasteiger partial charge in [0.15, 0.2) is 17.5 Å².